The molecule has 0 atom stereocenters. The van der Waals surface area contributed by atoms with Crippen LogP contribution in [-0.2, 0) is 4.79 Å². The molecule has 98 valence electrons. The molecule has 1 aromatic carbocycles. The first-order valence-electron chi connectivity index (χ1n) is 5.64. The Morgan fingerprint density at radius 1 is 1.58 bits per heavy atom. The van der Waals surface area contributed by atoms with Crippen molar-refractivity contribution in [1.82, 2.24) is 0 Å². The van der Waals surface area contributed by atoms with E-state index in [2.05, 4.69) is 5.32 Å². The molecule has 0 saturated heterocycles. The van der Waals surface area contributed by atoms with E-state index >= 15 is 0 Å². The van der Waals surface area contributed by atoms with Crippen LogP contribution in [0.2, 0.25) is 0 Å². The normalized spacial score (nSPS) is 15.3. The van der Waals surface area contributed by atoms with Crippen molar-refractivity contribution in [3.8, 4) is 6.07 Å². The predicted molar refractivity (Wildman–Crippen MR) is 65.6 cm³/mol. The van der Waals surface area contributed by atoms with Crippen molar-refractivity contribution in [3.05, 3.63) is 33.9 Å². The molecule has 0 unspecified atom stereocenters. The average molecular weight is 261 g/mol. The van der Waals surface area contributed by atoms with E-state index in [1.54, 1.807) is 6.07 Å². The summed E-state index contributed by atoms with van der Waals surface area (Å²) in [5, 5.41) is 31.4. The largest absolute Gasteiger partial charge is 0.481 e. The molecule has 1 aliphatic rings. The molecule has 0 aliphatic heterocycles. The lowest BCUT2D eigenvalue weighted by atomic mass is 10.1. The van der Waals surface area contributed by atoms with Gasteiger partial charge in [0, 0.05) is 18.3 Å². The van der Waals surface area contributed by atoms with Crippen LogP contribution in [0.1, 0.15) is 18.4 Å². The average Bonchev–Trinajstić information content (AvgIpc) is 3.17. The predicted octanol–water partition coefficient (Wildman–Crippen LogP) is 1.74. The molecule has 0 spiro atoms. The van der Waals surface area contributed by atoms with Crippen LogP contribution < -0.4 is 5.32 Å². The number of rotatable bonds is 5. The highest BCUT2D eigenvalue weighted by molar-refractivity contribution is 5.78. The van der Waals surface area contributed by atoms with Crippen LogP contribution >= 0.6 is 0 Å². The Morgan fingerprint density at radius 2 is 2.26 bits per heavy atom. The Labute approximate surface area is 108 Å². The van der Waals surface area contributed by atoms with Gasteiger partial charge in [-0.15, -0.1) is 0 Å². The SMILES string of the molecule is N#Cc1cc(NCC2(C(=O)O)CC2)ccc1[N+](=O)[O-]. The van der Waals surface area contributed by atoms with Gasteiger partial charge in [-0.2, -0.15) is 5.26 Å². The first-order valence-corrected chi connectivity index (χ1v) is 5.64. The minimum Gasteiger partial charge on any atom is -0.481 e. The molecular weight excluding hydrogens is 250 g/mol. The van der Waals surface area contributed by atoms with Crippen molar-refractivity contribution in [2.75, 3.05) is 11.9 Å². The smallest absolute Gasteiger partial charge is 0.311 e. The Kier molecular flexibility index (Phi) is 3.09. The number of carboxylic acids is 1. The molecule has 0 aromatic heterocycles. The number of aliphatic carboxylic acids is 1. The number of hydrogen-bond acceptors (Lipinski definition) is 5. The standard InChI is InChI=1S/C12H11N3O4/c13-6-8-5-9(1-2-10(8)15(18)19)14-7-12(3-4-12)11(16)17/h1-2,5,14H,3-4,7H2,(H,16,17). The molecule has 7 nitrogen and oxygen atoms in total. The van der Waals surface area contributed by atoms with Gasteiger partial charge in [0.25, 0.3) is 5.69 Å². The van der Waals surface area contributed by atoms with Gasteiger partial charge < -0.3 is 10.4 Å². The van der Waals surface area contributed by atoms with Crippen LogP contribution in [0, 0.1) is 26.9 Å². The second-order valence-electron chi connectivity index (χ2n) is 4.54. The third-order valence-corrected chi connectivity index (χ3v) is 3.25. The molecular formula is C12H11N3O4. The van der Waals surface area contributed by atoms with Crippen molar-refractivity contribution in [1.29, 1.82) is 5.26 Å². The van der Waals surface area contributed by atoms with Crippen molar-refractivity contribution in [2.45, 2.75) is 12.8 Å². The number of benzene rings is 1. The summed E-state index contributed by atoms with van der Waals surface area (Å²) in [6, 6.07) is 5.82. The second-order valence-corrected chi connectivity index (χ2v) is 4.54. The Balaban J connectivity index is 2.13. The Hall–Kier alpha value is -2.62. The van der Waals surface area contributed by atoms with Gasteiger partial charge >= 0.3 is 5.97 Å². The van der Waals surface area contributed by atoms with Gasteiger partial charge in [0.1, 0.15) is 11.6 Å². The Morgan fingerprint density at radius 3 is 2.74 bits per heavy atom. The van der Waals surface area contributed by atoms with Crippen LogP contribution in [0.3, 0.4) is 0 Å². The summed E-state index contributed by atoms with van der Waals surface area (Å²) in [4.78, 5) is 21.0. The van der Waals surface area contributed by atoms with Gasteiger partial charge in [-0.3, -0.25) is 14.9 Å². The molecule has 1 aromatic rings. The molecule has 0 bridgehead atoms. The minimum atomic E-state index is -0.845. The lowest BCUT2D eigenvalue weighted by Gasteiger charge is -2.12. The van der Waals surface area contributed by atoms with Gasteiger partial charge in [0.05, 0.1) is 10.3 Å². The summed E-state index contributed by atoms with van der Waals surface area (Å²) in [5.41, 5.74) is -0.522. The number of nitro groups is 1. The van der Waals surface area contributed by atoms with E-state index in [4.69, 9.17) is 10.4 Å². The fourth-order valence-corrected chi connectivity index (χ4v) is 1.78. The molecule has 2 rings (SSSR count). The van der Waals surface area contributed by atoms with Gasteiger partial charge in [-0.1, -0.05) is 0 Å². The van der Waals surface area contributed by atoms with Crippen molar-refractivity contribution in [3.63, 3.8) is 0 Å². The van der Waals surface area contributed by atoms with Crippen LogP contribution in [0.15, 0.2) is 18.2 Å². The van der Waals surface area contributed by atoms with E-state index in [1.165, 1.54) is 18.2 Å². The number of carboxylic acid groups (broad SMARTS) is 1. The van der Waals surface area contributed by atoms with E-state index in [1.807, 2.05) is 0 Å². The summed E-state index contributed by atoms with van der Waals surface area (Å²) < 4.78 is 0. The highest BCUT2D eigenvalue weighted by atomic mass is 16.6. The van der Waals surface area contributed by atoms with Crippen LogP contribution in [0.25, 0.3) is 0 Å². The van der Waals surface area contributed by atoms with Gasteiger partial charge in [-0.05, 0) is 25.0 Å². The molecule has 1 aliphatic carbocycles. The van der Waals surface area contributed by atoms with Crippen molar-refractivity contribution < 1.29 is 14.8 Å². The number of nitro benzene ring substituents is 1. The molecule has 0 amide bonds. The molecule has 1 fully saturated rings. The molecule has 19 heavy (non-hydrogen) atoms. The van der Waals surface area contributed by atoms with Gasteiger partial charge in [0.2, 0.25) is 0 Å². The zero-order valence-corrected chi connectivity index (χ0v) is 9.92. The van der Waals surface area contributed by atoms with E-state index in [9.17, 15) is 14.9 Å². The topological polar surface area (TPSA) is 116 Å². The maximum Gasteiger partial charge on any atom is 0.311 e. The van der Waals surface area contributed by atoms with Crippen molar-refractivity contribution >= 4 is 17.3 Å². The lowest BCUT2D eigenvalue weighted by Crippen LogP contribution is -2.24. The zero-order valence-electron chi connectivity index (χ0n) is 9.92. The third-order valence-electron chi connectivity index (χ3n) is 3.25. The van der Waals surface area contributed by atoms with Crippen LogP contribution in [0.4, 0.5) is 11.4 Å². The second kappa shape index (κ2) is 4.57. The highest BCUT2D eigenvalue weighted by Crippen LogP contribution is 2.45. The number of hydrogen-bond donors (Lipinski definition) is 2. The van der Waals surface area contributed by atoms with E-state index in [0.717, 1.165) is 0 Å². The maximum atomic E-state index is 11.0. The zero-order chi connectivity index (χ0) is 14.0. The third kappa shape index (κ3) is 2.47. The molecule has 2 N–H and O–H groups in total. The number of nitriles is 1. The van der Waals surface area contributed by atoms with Gasteiger partial charge in [-0.25, -0.2) is 0 Å². The number of nitrogens with one attached hydrogen (secondary N) is 1. The van der Waals surface area contributed by atoms with Gasteiger partial charge in [0.15, 0.2) is 0 Å². The number of anilines is 1. The maximum absolute atomic E-state index is 11.0. The van der Waals surface area contributed by atoms with Crippen LogP contribution in [0.5, 0.6) is 0 Å². The Bertz CT molecular complexity index is 587. The summed E-state index contributed by atoms with van der Waals surface area (Å²) in [6.45, 7) is 0.255. The first kappa shape index (κ1) is 12.8. The number of carbonyl (C=O) groups is 1. The van der Waals surface area contributed by atoms with E-state index in [0.29, 0.717) is 18.5 Å². The lowest BCUT2D eigenvalue weighted by molar-refractivity contribution is -0.385. The fourth-order valence-electron chi connectivity index (χ4n) is 1.78. The molecule has 0 radical (unpaired) electrons. The minimum absolute atomic E-state index is 0.0461. The first-order chi connectivity index (χ1) is 8.98. The summed E-state index contributed by atoms with van der Waals surface area (Å²) in [6.07, 6.45) is 1.24. The molecule has 7 heteroatoms. The fraction of sp³-hybridized carbons (Fsp3) is 0.333. The highest BCUT2D eigenvalue weighted by Gasteiger charge is 2.49. The summed E-state index contributed by atoms with van der Waals surface area (Å²) >= 11 is 0. The molecule has 1 saturated carbocycles. The van der Waals surface area contributed by atoms with E-state index < -0.39 is 16.3 Å². The van der Waals surface area contributed by atoms with E-state index in [-0.39, 0.29) is 17.8 Å². The number of nitrogens with zero attached hydrogens (tertiary/aromatic N) is 2. The van der Waals surface area contributed by atoms with Crippen molar-refractivity contribution in [2.24, 2.45) is 5.41 Å². The molecule has 0 heterocycles. The monoisotopic (exact) mass is 261 g/mol. The summed E-state index contributed by atoms with van der Waals surface area (Å²) in [5.74, 6) is -0.845. The van der Waals surface area contributed by atoms with Crippen LogP contribution in [-0.4, -0.2) is 22.5 Å². The quantitative estimate of drug-likeness (QED) is 0.616. The summed E-state index contributed by atoms with van der Waals surface area (Å²) in [7, 11) is 0.